The van der Waals surface area contributed by atoms with Crippen molar-refractivity contribution >= 4 is 11.6 Å². The Morgan fingerprint density at radius 1 is 1.33 bits per heavy atom. The molecule has 2 rings (SSSR count). The number of rotatable bonds is 5. The summed E-state index contributed by atoms with van der Waals surface area (Å²) < 4.78 is 0. The zero-order valence-corrected chi connectivity index (χ0v) is 11.1. The van der Waals surface area contributed by atoms with Gasteiger partial charge in [0.05, 0.1) is 5.69 Å². The summed E-state index contributed by atoms with van der Waals surface area (Å²) in [6, 6.07) is 7.77. The second-order valence-electron chi connectivity index (χ2n) is 4.28. The van der Waals surface area contributed by atoms with Crippen molar-refractivity contribution in [2.24, 2.45) is 5.73 Å². The summed E-state index contributed by atoms with van der Waals surface area (Å²) in [4.78, 5) is 2.15. The van der Waals surface area contributed by atoms with Gasteiger partial charge in [-0.05, 0) is 24.7 Å². The van der Waals surface area contributed by atoms with Gasteiger partial charge in [0, 0.05) is 36.4 Å². The fraction of sp³-hybridized carbons (Fsp3) is 0.308. The van der Waals surface area contributed by atoms with E-state index in [1.807, 2.05) is 37.5 Å². The Balaban J connectivity index is 2.19. The molecule has 3 N–H and O–H groups in total. The number of aromatic nitrogens is 2. The van der Waals surface area contributed by atoms with Crippen molar-refractivity contribution in [2.75, 3.05) is 20.1 Å². The van der Waals surface area contributed by atoms with Crippen molar-refractivity contribution < 1.29 is 0 Å². The molecular formula is C13H17ClN4. The third-order valence-electron chi connectivity index (χ3n) is 2.81. The fourth-order valence-corrected chi connectivity index (χ4v) is 2.00. The molecule has 1 aromatic heterocycles. The highest BCUT2D eigenvalue weighted by Gasteiger charge is 2.10. The Bertz CT molecular complexity index is 492. The molecule has 2 aromatic rings. The summed E-state index contributed by atoms with van der Waals surface area (Å²) in [7, 11) is 2.03. The standard InChI is InChI=1S/C13H17ClN4/c1-18(7-6-15)9-13-12(8-16-17-13)10-2-4-11(14)5-3-10/h2-5,8H,6-7,9,15H2,1H3,(H,16,17). The van der Waals surface area contributed by atoms with Crippen molar-refractivity contribution in [1.29, 1.82) is 0 Å². The van der Waals surface area contributed by atoms with Gasteiger partial charge in [-0.25, -0.2) is 0 Å². The molecule has 18 heavy (non-hydrogen) atoms. The quantitative estimate of drug-likeness (QED) is 0.870. The Morgan fingerprint density at radius 2 is 2.06 bits per heavy atom. The van der Waals surface area contributed by atoms with Gasteiger partial charge in [-0.2, -0.15) is 5.10 Å². The maximum Gasteiger partial charge on any atom is 0.0840 e. The number of hydrogen-bond donors (Lipinski definition) is 2. The molecule has 0 radical (unpaired) electrons. The minimum atomic E-state index is 0.650. The van der Waals surface area contributed by atoms with Gasteiger partial charge in [-0.1, -0.05) is 23.7 Å². The van der Waals surface area contributed by atoms with E-state index in [0.717, 1.165) is 34.9 Å². The monoisotopic (exact) mass is 264 g/mol. The van der Waals surface area contributed by atoms with Crippen LogP contribution in [-0.4, -0.2) is 35.2 Å². The van der Waals surface area contributed by atoms with Crippen molar-refractivity contribution in [3.05, 3.63) is 41.2 Å². The number of halogens is 1. The minimum Gasteiger partial charge on any atom is -0.329 e. The molecule has 0 aliphatic heterocycles. The number of nitrogens with one attached hydrogen (secondary N) is 1. The van der Waals surface area contributed by atoms with Crippen molar-refractivity contribution in [2.45, 2.75) is 6.54 Å². The molecule has 0 spiro atoms. The third-order valence-corrected chi connectivity index (χ3v) is 3.06. The van der Waals surface area contributed by atoms with E-state index in [1.54, 1.807) is 0 Å². The van der Waals surface area contributed by atoms with Gasteiger partial charge in [0.1, 0.15) is 0 Å². The molecule has 96 valence electrons. The maximum absolute atomic E-state index is 5.89. The molecule has 0 unspecified atom stereocenters. The molecule has 4 nitrogen and oxygen atoms in total. The first kappa shape index (κ1) is 13.1. The van der Waals surface area contributed by atoms with Gasteiger partial charge in [0.15, 0.2) is 0 Å². The van der Waals surface area contributed by atoms with Crippen LogP contribution in [0.2, 0.25) is 5.02 Å². The van der Waals surface area contributed by atoms with Gasteiger partial charge in [0.2, 0.25) is 0 Å². The summed E-state index contributed by atoms with van der Waals surface area (Å²) in [5.41, 5.74) is 8.78. The number of benzene rings is 1. The van der Waals surface area contributed by atoms with Crippen molar-refractivity contribution in [3.8, 4) is 11.1 Å². The number of likely N-dealkylation sites (N-methyl/N-ethyl adjacent to an activating group) is 1. The predicted octanol–water partition coefficient (Wildman–Crippen LogP) is 2.12. The molecule has 1 heterocycles. The first-order chi connectivity index (χ1) is 8.70. The molecule has 5 heteroatoms. The van der Waals surface area contributed by atoms with Gasteiger partial charge in [-0.3, -0.25) is 10.00 Å². The van der Waals surface area contributed by atoms with Crippen LogP contribution >= 0.6 is 11.6 Å². The highest BCUT2D eigenvalue weighted by Crippen LogP contribution is 2.24. The molecular weight excluding hydrogens is 248 g/mol. The Hall–Kier alpha value is -1.36. The van der Waals surface area contributed by atoms with Crippen LogP contribution in [-0.2, 0) is 6.54 Å². The molecule has 0 saturated carbocycles. The zero-order chi connectivity index (χ0) is 13.0. The van der Waals surface area contributed by atoms with Gasteiger partial charge in [-0.15, -0.1) is 0 Å². The van der Waals surface area contributed by atoms with E-state index >= 15 is 0 Å². The van der Waals surface area contributed by atoms with Crippen LogP contribution in [0.3, 0.4) is 0 Å². The van der Waals surface area contributed by atoms with E-state index in [0.29, 0.717) is 6.54 Å². The predicted molar refractivity (Wildman–Crippen MR) is 74.4 cm³/mol. The molecule has 0 amide bonds. The molecule has 0 saturated heterocycles. The van der Waals surface area contributed by atoms with E-state index < -0.39 is 0 Å². The van der Waals surface area contributed by atoms with Crippen molar-refractivity contribution in [3.63, 3.8) is 0 Å². The van der Waals surface area contributed by atoms with E-state index in [2.05, 4.69) is 15.1 Å². The maximum atomic E-state index is 5.89. The molecule has 0 fully saturated rings. The minimum absolute atomic E-state index is 0.650. The summed E-state index contributed by atoms with van der Waals surface area (Å²) in [6.07, 6.45) is 1.91. The number of nitrogens with two attached hydrogens (primary N) is 1. The Morgan fingerprint density at radius 3 is 2.72 bits per heavy atom. The van der Waals surface area contributed by atoms with Crippen molar-refractivity contribution in [1.82, 2.24) is 15.1 Å². The summed E-state index contributed by atoms with van der Waals surface area (Å²) in [5.74, 6) is 0. The average Bonchev–Trinajstić information content (AvgIpc) is 2.78. The number of H-pyrrole nitrogens is 1. The molecule has 0 bridgehead atoms. The van der Waals surface area contributed by atoms with Crippen LogP contribution in [0.5, 0.6) is 0 Å². The number of hydrogen-bond acceptors (Lipinski definition) is 3. The van der Waals surface area contributed by atoms with Crippen LogP contribution in [0, 0.1) is 0 Å². The van der Waals surface area contributed by atoms with Gasteiger partial charge < -0.3 is 5.73 Å². The first-order valence-corrected chi connectivity index (χ1v) is 6.25. The second kappa shape index (κ2) is 6.00. The Kier molecular flexibility index (Phi) is 4.36. The third kappa shape index (κ3) is 3.10. The fourth-order valence-electron chi connectivity index (χ4n) is 1.87. The first-order valence-electron chi connectivity index (χ1n) is 5.88. The molecule has 0 aliphatic rings. The topological polar surface area (TPSA) is 57.9 Å². The summed E-state index contributed by atoms with van der Waals surface area (Å²) in [6.45, 7) is 2.28. The Labute approximate surface area is 112 Å². The van der Waals surface area contributed by atoms with Crippen LogP contribution in [0.1, 0.15) is 5.69 Å². The summed E-state index contributed by atoms with van der Waals surface area (Å²) in [5, 5.41) is 7.95. The van der Waals surface area contributed by atoms with Crippen LogP contribution in [0.4, 0.5) is 0 Å². The number of nitrogens with zero attached hydrogens (tertiary/aromatic N) is 2. The van der Waals surface area contributed by atoms with Crippen LogP contribution in [0.25, 0.3) is 11.1 Å². The highest BCUT2D eigenvalue weighted by molar-refractivity contribution is 6.30. The zero-order valence-electron chi connectivity index (χ0n) is 10.4. The van der Waals surface area contributed by atoms with E-state index in [9.17, 15) is 0 Å². The number of aromatic amines is 1. The van der Waals surface area contributed by atoms with Crippen LogP contribution < -0.4 is 5.73 Å². The molecule has 0 atom stereocenters. The largest absolute Gasteiger partial charge is 0.329 e. The lowest BCUT2D eigenvalue weighted by atomic mass is 10.1. The molecule has 0 aliphatic carbocycles. The van der Waals surface area contributed by atoms with E-state index in [-0.39, 0.29) is 0 Å². The lowest BCUT2D eigenvalue weighted by Crippen LogP contribution is -2.25. The van der Waals surface area contributed by atoms with E-state index in [4.69, 9.17) is 17.3 Å². The lowest BCUT2D eigenvalue weighted by molar-refractivity contribution is 0.332. The smallest absolute Gasteiger partial charge is 0.0840 e. The second-order valence-corrected chi connectivity index (χ2v) is 4.72. The summed E-state index contributed by atoms with van der Waals surface area (Å²) >= 11 is 5.89. The molecule has 1 aromatic carbocycles. The van der Waals surface area contributed by atoms with Crippen LogP contribution in [0.15, 0.2) is 30.5 Å². The normalized spacial score (nSPS) is 11.1. The highest BCUT2D eigenvalue weighted by atomic mass is 35.5. The van der Waals surface area contributed by atoms with Gasteiger partial charge >= 0.3 is 0 Å². The average molecular weight is 265 g/mol. The van der Waals surface area contributed by atoms with Gasteiger partial charge in [0.25, 0.3) is 0 Å². The SMILES string of the molecule is CN(CCN)Cc1n[nH]cc1-c1ccc(Cl)cc1. The lowest BCUT2D eigenvalue weighted by Gasteiger charge is -2.14. The van der Waals surface area contributed by atoms with E-state index in [1.165, 1.54) is 0 Å².